The van der Waals surface area contributed by atoms with Crippen LogP contribution < -0.4 is 5.73 Å². The molecule has 0 spiro atoms. The van der Waals surface area contributed by atoms with Gasteiger partial charge in [-0.2, -0.15) is 11.8 Å². The Labute approximate surface area is 119 Å². The van der Waals surface area contributed by atoms with E-state index in [0.717, 1.165) is 32.8 Å². The van der Waals surface area contributed by atoms with Crippen LogP contribution in [0.2, 0.25) is 0 Å². The van der Waals surface area contributed by atoms with Crippen LogP contribution in [0.25, 0.3) is 10.6 Å². The van der Waals surface area contributed by atoms with Crippen molar-refractivity contribution in [2.24, 2.45) is 0 Å². The van der Waals surface area contributed by atoms with E-state index >= 15 is 0 Å². The summed E-state index contributed by atoms with van der Waals surface area (Å²) in [6, 6.07) is 0. The van der Waals surface area contributed by atoms with Crippen LogP contribution in [-0.4, -0.2) is 22.8 Å². The zero-order chi connectivity index (χ0) is 13.0. The molecule has 0 aromatic carbocycles. The molecule has 0 atom stereocenters. The van der Waals surface area contributed by atoms with Gasteiger partial charge in [0.25, 0.3) is 0 Å². The van der Waals surface area contributed by atoms with Crippen molar-refractivity contribution in [2.45, 2.75) is 19.3 Å². The Bertz CT molecular complexity index is 509. The summed E-state index contributed by atoms with van der Waals surface area (Å²) in [5.74, 6) is 2.04. The van der Waals surface area contributed by atoms with Crippen LogP contribution in [0, 0.1) is 0 Å². The second-order valence-electron chi connectivity index (χ2n) is 3.52. The summed E-state index contributed by atoms with van der Waals surface area (Å²) in [4.78, 5) is 10.0. The summed E-state index contributed by atoms with van der Waals surface area (Å²) in [5.41, 5.74) is 7.55. The quantitative estimate of drug-likeness (QED) is 0.887. The summed E-state index contributed by atoms with van der Waals surface area (Å²) in [6.07, 6.45) is 0. The predicted molar refractivity (Wildman–Crippen MR) is 80.2 cm³/mol. The first kappa shape index (κ1) is 13.8. The van der Waals surface area contributed by atoms with E-state index in [9.17, 15) is 0 Å². The molecule has 4 nitrogen and oxygen atoms in total. The standard InChI is InChI=1S/C11H15N3OS3/c1-3-16-6-9-13-7(4-15-2)10(18-9)8-5-17-11(12)14-8/h5H,3-4,6H2,1-2H3,(H2,12,14). The molecule has 2 aromatic heterocycles. The van der Waals surface area contributed by atoms with Gasteiger partial charge in [0.1, 0.15) is 5.01 Å². The number of methoxy groups -OCH3 is 1. The third-order valence-corrected chi connectivity index (χ3v) is 5.07. The number of ether oxygens (including phenoxy) is 1. The van der Waals surface area contributed by atoms with Crippen molar-refractivity contribution in [1.82, 2.24) is 9.97 Å². The van der Waals surface area contributed by atoms with Crippen molar-refractivity contribution in [2.75, 3.05) is 18.6 Å². The molecular weight excluding hydrogens is 286 g/mol. The first-order valence-electron chi connectivity index (χ1n) is 5.51. The van der Waals surface area contributed by atoms with Crippen molar-refractivity contribution in [3.05, 3.63) is 16.1 Å². The molecule has 7 heteroatoms. The molecule has 98 valence electrons. The van der Waals surface area contributed by atoms with Crippen LogP contribution in [0.5, 0.6) is 0 Å². The van der Waals surface area contributed by atoms with E-state index in [1.54, 1.807) is 18.4 Å². The van der Waals surface area contributed by atoms with Gasteiger partial charge in [0.2, 0.25) is 0 Å². The number of aromatic nitrogens is 2. The molecule has 18 heavy (non-hydrogen) atoms. The van der Waals surface area contributed by atoms with Gasteiger partial charge in [0.15, 0.2) is 5.13 Å². The summed E-state index contributed by atoms with van der Waals surface area (Å²) in [7, 11) is 1.68. The number of nitrogens with zero attached hydrogens (tertiary/aromatic N) is 2. The first-order chi connectivity index (χ1) is 8.74. The molecule has 0 unspecified atom stereocenters. The molecule has 2 aromatic rings. The third-order valence-electron chi connectivity index (χ3n) is 2.21. The molecule has 0 bridgehead atoms. The maximum absolute atomic E-state index is 5.68. The highest BCUT2D eigenvalue weighted by molar-refractivity contribution is 7.98. The van der Waals surface area contributed by atoms with E-state index in [0.29, 0.717) is 11.7 Å². The monoisotopic (exact) mass is 301 g/mol. The highest BCUT2D eigenvalue weighted by Crippen LogP contribution is 2.33. The minimum absolute atomic E-state index is 0.514. The Morgan fingerprint density at radius 2 is 2.28 bits per heavy atom. The number of nitrogen functional groups attached to an aromatic ring is 1. The Balaban J connectivity index is 2.28. The number of rotatable bonds is 6. The Morgan fingerprint density at radius 1 is 1.44 bits per heavy atom. The van der Waals surface area contributed by atoms with E-state index in [2.05, 4.69) is 16.9 Å². The van der Waals surface area contributed by atoms with E-state index in [1.807, 2.05) is 17.1 Å². The number of thiazole rings is 2. The summed E-state index contributed by atoms with van der Waals surface area (Å²) in [5, 5.41) is 3.68. The molecule has 0 amide bonds. The van der Waals surface area contributed by atoms with Crippen LogP contribution in [-0.2, 0) is 17.1 Å². The van der Waals surface area contributed by atoms with Crippen molar-refractivity contribution in [3.8, 4) is 10.6 Å². The number of anilines is 1. The van der Waals surface area contributed by atoms with Gasteiger partial charge in [-0.05, 0) is 5.75 Å². The second-order valence-corrected chi connectivity index (χ2v) is 6.77. The topological polar surface area (TPSA) is 61.0 Å². The van der Waals surface area contributed by atoms with E-state index in [4.69, 9.17) is 10.5 Å². The van der Waals surface area contributed by atoms with Crippen molar-refractivity contribution >= 4 is 39.6 Å². The summed E-state index contributed by atoms with van der Waals surface area (Å²) < 4.78 is 5.20. The summed E-state index contributed by atoms with van der Waals surface area (Å²) in [6.45, 7) is 2.66. The van der Waals surface area contributed by atoms with E-state index in [1.165, 1.54) is 11.3 Å². The lowest BCUT2D eigenvalue weighted by Gasteiger charge is -1.96. The fraction of sp³-hybridized carbons (Fsp3) is 0.455. The highest BCUT2D eigenvalue weighted by Gasteiger charge is 2.15. The van der Waals surface area contributed by atoms with E-state index in [-0.39, 0.29) is 0 Å². The number of hydrogen-bond acceptors (Lipinski definition) is 7. The fourth-order valence-electron chi connectivity index (χ4n) is 1.48. The zero-order valence-corrected chi connectivity index (χ0v) is 12.8. The van der Waals surface area contributed by atoms with Gasteiger partial charge in [-0.3, -0.25) is 0 Å². The molecule has 2 heterocycles. The van der Waals surface area contributed by atoms with Gasteiger partial charge < -0.3 is 10.5 Å². The molecule has 0 aliphatic rings. The van der Waals surface area contributed by atoms with Gasteiger partial charge in [0, 0.05) is 18.2 Å². The molecule has 0 radical (unpaired) electrons. The lowest BCUT2D eigenvalue weighted by Crippen LogP contribution is -1.91. The zero-order valence-electron chi connectivity index (χ0n) is 10.3. The van der Waals surface area contributed by atoms with Crippen LogP contribution in [0.3, 0.4) is 0 Å². The van der Waals surface area contributed by atoms with Crippen LogP contribution >= 0.6 is 34.4 Å². The SMILES string of the molecule is CCSCc1nc(COC)c(-c2csc(N)n2)s1. The normalized spacial score (nSPS) is 11.0. The highest BCUT2D eigenvalue weighted by atomic mass is 32.2. The van der Waals surface area contributed by atoms with Gasteiger partial charge in [-0.25, -0.2) is 9.97 Å². The summed E-state index contributed by atoms with van der Waals surface area (Å²) >= 11 is 5.00. The number of thioether (sulfide) groups is 1. The molecule has 0 aliphatic carbocycles. The maximum Gasteiger partial charge on any atom is 0.180 e. The maximum atomic E-state index is 5.68. The molecule has 0 aliphatic heterocycles. The largest absolute Gasteiger partial charge is 0.378 e. The van der Waals surface area contributed by atoms with Gasteiger partial charge in [0.05, 0.1) is 22.9 Å². The lowest BCUT2D eigenvalue weighted by molar-refractivity contribution is 0.182. The van der Waals surface area contributed by atoms with Crippen LogP contribution in [0.4, 0.5) is 5.13 Å². The van der Waals surface area contributed by atoms with Gasteiger partial charge in [-0.1, -0.05) is 6.92 Å². The molecule has 2 N–H and O–H groups in total. The van der Waals surface area contributed by atoms with Crippen molar-refractivity contribution in [3.63, 3.8) is 0 Å². The molecule has 0 fully saturated rings. The van der Waals surface area contributed by atoms with Crippen molar-refractivity contribution in [1.29, 1.82) is 0 Å². The Kier molecular flexibility index (Phi) is 4.99. The van der Waals surface area contributed by atoms with Crippen LogP contribution in [0.1, 0.15) is 17.6 Å². The molecule has 0 saturated heterocycles. The number of nitrogens with two attached hydrogens (primary N) is 1. The third kappa shape index (κ3) is 3.23. The average molecular weight is 301 g/mol. The predicted octanol–water partition coefficient (Wildman–Crippen LogP) is 3.25. The lowest BCUT2D eigenvalue weighted by atomic mass is 10.3. The smallest absolute Gasteiger partial charge is 0.180 e. The fourth-order valence-corrected chi connectivity index (χ4v) is 3.86. The van der Waals surface area contributed by atoms with Gasteiger partial charge in [-0.15, -0.1) is 22.7 Å². The minimum atomic E-state index is 0.514. The second kappa shape index (κ2) is 6.51. The van der Waals surface area contributed by atoms with E-state index < -0.39 is 0 Å². The van der Waals surface area contributed by atoms with Crippen LogP contribution in [0.15, 0.2) is 5.38 Å². The average Bonchev–Trinajstić information content (AvgIpc) is 2.93. The number of hydrogen-bond donors (Lipinski definition) is 1. The minimum Gasteiger partial charge on any atom is -0.378 e. The Hall–Kier alpha value is -0.630. The van der Waals surface area contributed by atoms with Crippen molar-refractivity contribution < 1.29 is 4.74 Å². The van der Waals surface area contributed by atoms with Gasteiger partial charge >= 0.3 is 0 Å². The molecule has 0 saturated carbocycles. The Morgan fingerprint density at radius 3 is 2.89 bits per heavy atom. The molecule has 2 rings (SSSR count). The first-order valence-corrected chi connectivity index (χ1v) is 8.36. The molecular formula is C11H15N3OS3.